The molecule has 0 atom stereocenters. The molecule has 0 radical (unpaired) electrons. The fourth-order valence-corrected chi connectivity index (χ4v) is 1.01. The Balaban J connectivity index is 0. The zero-order valence-electron chi connectivity index (χ0n) is 11.1. The summed E-state index contributed by atoms with van der Waals surface area (Å²) in [6, 6.07) is 8.65. The summed E-state index contributed by atoms with van der Waals surface area (Å²) in [5, 5.41) is 0. The molecule has 16 heavy (non-hydrogen) atoms. The van der Waals surface area contributed by atoms with E-state index in [1.165, 1.54) is 30.4 Å². The van der Waals surface area contributed by atoms with Crippen LogP contribution in [0.5, 0.6) is 0 Å². The van der Waals surface area contributed by atoms with Gasteiger partial charge in [0.15, 0.2) is 0 Å². The molecule has 0 saturated heterocycles. The molecule has 0 aliphatic heterocycles. The van der Waals surface area contributed by atoms with E-state index in [-0.39, 0.29) is 23.1 Å². The molecule has 0 amide bonds. The number of benzene rings is 1. The van der Waals surface area contributed by atoms with Gasteiger partial charge in [-0.2, -0.15) is 30.5 Å². The molecular formula is C15H24Mg. The Bertz CT molecular complexity index is 224. The van der Waals surface area contributed by atoms with E-state index in [4.69, 9.17) is 0 Å². The third kappa shape index (κ3) is 10.4. The van der Waals surface area contributed by atoms with Crippen molar-refractivity contribution in [2.75, 3.05) is 0 Å². The maximum Gasteiger partial charge on any atom is 2.00 e. The molecule has 0 aromatic heterocycles. The van der Waals surface area contributed by atoms with Crippen molar-refractivity contribution >= 4 is 23.1 Å². The molecule has 0 aliphatic carbocycles. The van der Waals surface area contributed by atoms with Crippen LogP contribution in [-0.2, 0) is 0 Å². The minimum Gasteiger partial charge on any atom is -0.343 e. The molecule has 0 saturated carbocycles. The van der Waals surface area contributed by atoms with Crippen molar-refractivity contribution < 1.29 is 0 Å². The summed E-state index contributed by atoms with van der Waals surface area (Å²) in [5.41, 5.74) is 2.68. The first kappa shape index (κ1) is 18.2. The number of aryl methyl sites for hydroxylation is 1. The first-order valence-electron chi connectivity index (χ1n) is 5.93. The van der Waals surface area contributed by atoms with Crippen LogP contribution in [0.1, 0.15) is 50.7 Å². The Hall–Kier alpha value is -0.144. The van der Waals surface area contributed by atoms with Gasteiger partial charge in [-0.3, -0.25) is 0 Å². The number of hydrogen-bond acceptors (Lipinski definition) is 0. The van der Waals surface area contributed by atoms with Crippen molar-refractivity contribution in [1.29, 1.82) is 0 Å². The molecule has 0 N–H and O–H groups in total. The zero-order valence-corrected chi connectivity index (χ0v) is 12.5. The van der Waals surface area contributed by atoms with Crippen LogP contribution in [0.4, 0.5) is 0 Å². The van der Waals surface area contributed by atoms with Gasteiger partial charge in [-0.05, 0) is 6.92 Å². The molecule has 86 valence electrons. The van der Waals surface area contributed by atoms with Crippen molar-refractivity contribution in [1.82, 2.24) is 0 Å². The second-order valence-electron chi connectivity index (χ2n) is 3.76. The number of unbranched alkanes of at least 4 members (excludes halogenated alkanes) is 2. The summed E-state index contributed by atoms with van der Waals surface area (Å²) in [5.74, 6) is 0. The monoisotopic (exact) mass is 228 g/mol. The van der Waals surface area contributed by atoms with E-state index >= 15 is 0 Å². The van der Waals surface area contributed by atoms with E-state index < -0.39 is 0 Å². The largest absolute Gasteiger partial charge is 2.00 e. The molecule has 0 bridgehead atoms. The fraction of sp³-hybridized carbons (Fsp3) is 0.467. The van der Waals surface area contributed by atoms with Crippen LogP contribution in [0.25, 0.3) is 0 Å². The van der Waals surface area contributed by atoms with E-state index in [1.54, 1.807) is 0 Å². The quantitative estimate of drug-likeness (QED) is 0.522. The second-order valence-corrected chi connectivity index (χ2v) is 3.76. The van der Waals surface area contributed by atoms with Crippen molar-refractivity contribution in [2.45, 2.75) is 46.5 Å². The smallest absolute Gasteiger partial charge is 0.343 e. The predicted octanol–water partition coefficient (Wildman–Crippen LogP) is 4.59. The summed E-state index contributed by atoms with van der Waals surface area (Å²) < 4.78 is 0. The molecule has 0 spiro atoms. The molecule has 1 aromatic carbocycles. The Kier molecular flexibility index (Phi) is 14.7. The zero-order chi connectivity index (χ0) is 11.5. The van der Waals surface area contributed by atoms with Crippen LogP contribution in [0, 0.1) is 20.3 Å². The van der Waals surface area contributed by atoms with Crippen molar-refractivity contribution in [3.63, 3.8) is 0 Å². The summed E-state index contributed by atoms with van der Waals surface area (Å²) in [6.07, 6.45) is 6.97. The molecule has 1 aromatic rings. The van der Waals surface area contributed by atoms with Crippen LogP contribution < -0.4 is 0 Å². The van der Waals surface area contributed by atoms with E-state index in [9.17, 15) is 0 Å². The Morgan fingerprint density at radius 1 is 1.06 bits per heavy atom. The van der Waals surface area contributed by atoms with Crippen LogP contribution in [0.3, 0.4) is 0 Å². The SMILES string of the molecule is CCC[CH-]c1ccc(C)cc1.[CH2-]CCC.[Mg+2]. The second kappa shape index (κ2) is 12.9. The first-order valence-corrected chi connectivity index (χ1v) is 5.93. The van der Waals surface area contributed by atoms with E-state index in [2.05, 4.69) is 58.4 Å². The molecule has 1 rings (SSSR count). The average molecular weight is 229 g/mol. The number of rotatable bonds is 4. The van der Waals surface area contributed by atoms with Gasteiger partial charge >= 0.3 is 23.1 Å². The van der Waals surface area contributed by atoms with Gasteiger partial charge in [-0.1, -0.05) is 38.7 Å². The molecule has 1 heteroatoms. The summed E-state index contributed by atoms with van der Waals surface area (Å²) in [4.78, 5) is 0. The number of hydrogen-bond donors (Lipinski definition) is 0. The molecular weight excluding hydrogens is 204 g/mol. The van der Waals surface area contributed by atoms with Gasteiger partial charge < -0.3 is 6.92 Å². The van der Waals surface area contributed by atoms with Crippen LogP contribution in [0.2, 0.25) is 0 Å². The standard InChI is InChI=1S/C11H15.C4H9.Mg/c1-3-4-5-11-8-6-10(2)7-9-11;1-3-4-2;/h5-9H,3-4H2,1-2H3;1,3-4H2,2H3;/q2*-1;+2. The van der Waals surface area contributed by atoms with Gasteiger partial charge in [0.1, 0.15) is 0 Å². The fourth-order valence-electron chi connectivity index (χ4n) is 1.01. The van der Waals surface area contributed by atoms with Gasteiger partial charge in [0.2, 0.25) is 0 Å². The maximum absolute atomic E-state index is 3.60. The minimum absolute atomic E-state index is 0. The van der Waals surface area contributed by atoms with E-state index in [0.29, 0.717) is 0 Å². The first-order chi connectivity index (χ1) is 7.24. The van der Waals surface area contributed by atoms with Crippen molar-refractivity contribution in [3.05, 3.63) is 48.7 Å². The van der Waals surface area contributed by atoms with Gasteiger partial charge in [-0.25, -0.2) is 0 Å². The summed E-state index contributed by atoms with van der Waals surface area (Å²) in [6.45, 7) is 10.0. The molecule has 0 fully saturated rings. The van der Waals surface area contributed by atoms with E-state index in [0.717, 1.165) is 6.42 Å². The average Bonchev–Trinajstić information content (AvgIpc) is 2.29. The summed E-state index contributed by atoms with van der Waals surface area (Å²) >= 11 is 0. The van der Waals surface area contributed by atoms with Crippen LogP contribution in [-0.4, -0.2) is 23.1 Å². The Morgan fingerprint density at radius 2 is 1.56 bits per heavy atom. The minimum atomic E-state index is 0. The van der Waals surface area contributed by atoms with Gasteiger partial charge in [0.05, 0.1) is 0 Å². The Morgan fingerprint density at radius 3 is 1.94 bits per heavy atom. The van der Waals surface area contributed by atoms with Gasteiger partial charge in [-0.15, -0.1) is 12.1 Å². The van der Waals surface area contributed by atoms with Gasteiger partial charge in [0.25, 0.3) is 0 Å². The third-order valence-corrected chi connectivity index (χ3v) is 2.10. The maximum atomic E-state index is 3.60. The summed E-state index contributed by atoms with van der Waals surface area (Å²) in [7, 11) is 0. The van der Waals surface area contributed by atoms with Gasteiger partial charge in [0, 0.05) is 0 Å². The molecule has 0 aliphatic rings. The molecule has 0 heterocycles. The van der Waals surface area contributed by atoms with Crippen LogP contribution in [0.15, 0.2) is 24.3 Å². The molecule has 0 unspecified atom stereocenters. The Labute approximate surface area is 118 Å². The van der Waals surface area contributed by atoms with E-state index in [1.807, 2.05) is 0 Å². The van der Waals surface area contributed by atoms with Crippen LogP contribution >= 0.6 is 0 Å². The van der Waals surface area contributed by atoms with Crippen molar-refractivity contribution in [2.24, 2.45) is 0 Å². The predicted molar refractivity (Wildman–Crippen MR) is 75.5 cm³/mol. The molecule has 0 nitrogen and oxygen atoms in total. The van der Waals surface area contributed by atoms with Crippen molar-refractivity contribution in [3.8, 4) is 0 Å². The topological polar surface area (TPSA) is 0 Å². The normalized spacial score (nSPS) is 8.50. The third-order valence-electron chi connectivity index (χ3n) is 2.10.